The van der Waals surface area contributed by atoms with E-state index in [4.69, 9.17) is 4.98 Å². The molecule has 0 saturated heterocycles. The van der Waals surface area contributed by atoms with Crippen molar-refractivity contribution in [1.29, 1.82) is 0 Å². The summed E-state index contributed by atoms with van der Waals surface area (Å²) in [6, 6.07) is 18.3. The van der Waals surface area contributed by atoms with Gasteiger partial charge in [-0.2, -0.15) is 0 Å². The minimum absolute atomic E-state index is 0.552. The first-order valence-electron chi connectivity index (χ1n) is 6.66. The Hall–Kier alpha value is -3.02. The van der Waals surface area contributed by atoms with E-state index in [1.807, 2.05) is 36.4 Å². The van der Waals surface area contributed by atoms with Gasteiger partial charge in [0.05, 0.1) is 17.5 Å². The number of H-pyrrole nitrogens is 1. The van der Waals surface area contributed by atoms with Gasteiger partial charge < -0.3 is 0 Å². The number of tetrazole rings is 1. The van der Waals surface area contributed by atoms with Crippen molar-refractivity contribution in [2.45, 2.75) is 6.42 Å². The first kappa shape index (κ1) is 11.8. The predicted octanol–water partition coefficient (Wildman–Crippen LogP) is 2.13. The van der Waals surface area contributed by atoms with E-state index in [1.165, 1.54) is 0 Å². The van der Waals surface area contributed by atoms with Gasteiger partial charge in [-0.25, -0.2) is 10.1 Å². The summed E-state index contributed by atoms with van der Waals surface area (Å²) < 4.78 is 2.14. The molecule has 0 aliphatic heterocycles. The average molecular weight is 276 g/mol. The molecule has 4 aromatic rings. The molecule has 2 aromatic carbocycles. The van der Waals surface area contributed by atoms with Gasteiger partial charge in [-0.1, -0.05) is 30.3 Å². The van der Waals surface area contributed by atoms with E-state index in [9.17, 15) is 0 Å². The number of nitrogens with zero attached hydrogens (tertiary/aromatic N) is 5. The average Bonchev–Trinajstić information content (AvgIpc) is 3.15. The molecule has 0 unspecified atom stereocenters. The van der Waals surface area contributed by atoms with Crippen LogP contribution in [0.2, 0.25) is 0 Å². The Bertz CT molecular complexity index is 864. The van der Waals surface area contributed by atoms with Crippen LogP contribution < -0.4 is 0 Å². The normalized spacial score (nSPS) is 11.0. The summed E-state index contributed by atoms with van der Waals surface area (Å²) in [7, 11) is 0. The lowest BCUT2D eigenvalue weighted by Crippen LogP contribution is -2.03. The number of benzene rings is 2. The summed E-state index contributed by atoms with van der Waals surface area (Å²) in [6.45, 7) is 0. The van der Waals surface area contributed by atoms with Gasteiger partial charge in [0.15, 0.2) is 5.82 Å². The Balaban J connectivity index is 1.93. The Morgan fingerprint density at radius 2 is 1.76 bits per heavy atom. The summed E-state index contributed by atoms with van der Waals surface area (Å²) in [4.78, 5) is 4.71. The highest BCUT2D eigenvalue weighted by atomic mass is 15.5. The molecule has 0 saturated carbocycles. The minimum atomic E-state index is 0.552. The predicted molar refractivity (Wildman–Crippen MR) is 78.1 cm³/mol. The Labute approximate surface area is 120 Å². The van der Waals surface area contributed by atoms with Crippen LogP contribution >= 0.6 is 0 Å². The van der Waals surface area contributed by atoms with Crippen molar-refractivity contribution in [1.82, 2.24) is 30.2 Å². The Morgan fingerprint density at radius 1 is 0.952 bits per heavy atom. The largest absolute Gasteiger partial charge is 0.296 e. The van der Waals surface area contributed by atoms with Gasteiger partial charge in [0.25, 0.3) is 0 Å². The first-order chi connectivity index (χ1) is 10.4. The number of para-hydroxylation sites is 3. The Kier molecular flexibility index (Phi) is 2.71. The third kappa shape index (κ3) is 2.06. The van der Waals surface area contributed by atoms with Gasteiger partial charge in [0, 0.05) is 5.69 Å². The van der Waals surface area contributed by atoms with E-state index in [2.05, 4.69) is 43.4 Å². The van der Waals surface area contributed by atoms with Crippen LogP contribution in [0.3, 0.4) is 0 Å². The van der Waals surface area contributed by atoms with Gasteiger partial charge in [0.2, 0.25) is 0 Å². The van der Waals surface area contributed by atoms with E-state index >= 15 is 0 Å². The maximum atomic E-state index is 4.71. The molecule has 0 radical (unpaired) electrons. The molecule has 2 aromatic heterocycles. The molecular formula is C15H12N6. The van der Waals surface area contributed by atoms with Gasteiger partial charge in [0.1, 0.15) is 5.82 Å². The van der Waals surface area contributed by atoms with Gasteiger partial charge in [-0.05, 0) is 34.7 Å². The molecule has 0 fully saturated rings. The molecule has 0 atom stereocenters. The SMILES string of the molecule is c1ccc(-n2c(Cc3nnn[nH]3)nc3ccccc32)cc1. The minimum Gasteiger partial charge on any atom is -0.296 e. The molecular weight excluding hydrogens is 264 g/mol. The smallest absolute Gasteiger partial charge is 0.156 e. The zero-order chi connectivity index (χ0) is 14.1. The van der Waals surface area contributed by atoms with Crippen LogP contribution in [-0.4, -0.2) is 30.2 Å². The lowest BCUT2D eigenvalue weighted by Gasteiger charge is -2.08. The highest BCUT2D eigenvalue weighted by molar-refractivity contribution is 5.78. The second-order valence-electron chi connectivity index (χ2n) is 4.71. The van der Waals surface area contributed by atoms with Crippen molar-refractivity contribution in [2.75, 3.05) is 0 Å². The number of fused-ring (bicyclic) bond motifs is 1. The number of hydrogen-bond donors (Lipinski definition) is 1. The molecule has 0 amide bonds. The number of hydrogen-bond acceptors (Lipinski definition) is 4. The van der Waals surface area contributed by atoms with E-state index in [0.717, 1.165) is 22.5 Å². The molecule has 0 aliphatic carbocycles. The molecule has 0 aliphatic rings. The van der Waals surface area contributed by atoms with E-state index < -0.39 is 0 Å². The molecule has 0 bridgehead atoms. The van der Waals surface area contributed by atoms with Crippen molar-refractivity contribution in [3.05, 3.63) is 66.2 Å². The fourth-order valence-electron chi connectivity index (χ4n) is 2.46. The van der Waals surface area contributed by atoms with Crippen LogP contribution in [0.1, 0.15) is 11.6 Å². The lowest BCUT2D eigenvalue weighted by atomic mass is 10.2. The van der Waals surface area contributed by atoms with Crippen LogP contribution in [-0.2, 0) is 6.42 Å². The van der Waals surface area contributed by atoms with Gasteiger partial charge in [-0.15, -0.1) is 5.10 Å². The van der Waals surface area contributed by atoms with E-state index in [0.29, 0.717) is 12.2 Å². The zero-order valence-corrected chi connectivity index (χ0v) is 11.1. The molecule has 0 spiro atoms. The number of imidazole rings is 1. The molecule has 2 heterocycles. The molecule has 4 rings (SSSR count). The second kappa shape index (κ2) is 4.82. The summed E-state index contributed by atoms with van der Waals surface area (Å²) in [5, 5.41) is 14.0. The van der Waals surface area contributed by atoms with Crippen molar-refractivity contribution >= 4 is 11.0 Å². The van der Waals surface area contributed by atoms with E-state index in [1.54, 1.807) is 0 Å². The molecule has 1 N–H and O–H groups in total. The van der Waals surface area contributed by atoms with Gasteiger partial charge >= 0.3 is 0 Å². The fraction of sp³-hybridized carbons (Fsp3) is 0.0667. The quantitative estimate of drug-likeness (QED) is 0.622. The van der Waals surface area contributed by atoms with Crippen LogP contribution in [0.15, 0.2) is 54.6 Å². The summed E-state index contributed by atoms with van der Waals surface area (Å²) >= 11 is 0. The Morgan fingerprint density at radius 3 is 2.57 bits per heavy atom. The summed E-state index contributed by atoms with van der Waals surface area (Å²) in [5.74, 6) is 1.60. The molecule has 21 heavy (non-hydrogen) atoms. The topological polar surface area (TPSA) is 72.3 Å². The third-order valence-corrected chi connectivity index (χ3v) is 3.36. The summed E-state index contributed by atoms with van der Waals surface area (Å²) in [5.41, 5.74) is 3.11. The molecule has 6 nitrogen and oxygen atoms in total. The lowest BCUT2D eigenvalue weighted by molar-refractivity contribution is 0.874. The highest BCUT2D eigenvalue weighted by Crippen LogP contribution is 2.22. The molecule has 102 valence electrons. The monoisotopic (exact) mass is 276 g/mol. The maximum absolute atomic E-state index is 4.71. The van der Waals surface area contributed by atoms with Crippen molar-refractivity contribution < 1.29 is 0 Å². The van der Waals surface area contributed by atoms with Crippen molar-refractivity contribution in [2.24, 2.45) is 0 Å². The standard InChI is InChI=1S/C15H12N6/c1-2-6-11(7-3-1)21-13-9-5-4-8-12(13)16-15(21)10-14-17-19-20-18-14/h1-9H,10H2,(H,17,18,19,20). The number of nitrogens with one attached hydrogen (secondary N) is 1. The fourth-order valence-corrected chi connectivity index (χ4v) is 2.46. The van der Waals surface area contributed by atoms with Crippen LogP contribution in [0.25, 0.3) is 16.7 Å². The van der Waals surface area contributed by atoms with Crippen molar-refractivity contribution in [3.63, 3.8) is 0 Å². The number of aromatic nitrogens is 6. The van der Waals surface area contributed by atoms with Crippen LogP contribution in [0, 0.1) is 0 Å². The van der Waals surface area contributed by atoms with Crippen molar-refractivity contribution in [3.8, 4) is 5.69 Å². The van der Waals surface area contributed by atoms with Crippen LogP contribution in [0.5, 0.6) is 0 Å². The van der Waals surface area contributed by atoms with Gasteiger partial charge in [-0.3, -0.25) is 4.57 Å². The number of aromatic amines is 1. The molecule has 6 heteroatoms. The third-order valence-electron chi connectivity index (χ3n) is 3.36. The highest BCUT2D eigenvalue weighted by Gasteiger charge is 2.13. The number of rotatable bonds is 3. The summed E-state index contributed by atoms with van der Waals surface area (Å²) in [6.07, 6.45) is 0.552. The van der Waals surface area contributed by atoms with E-state index in [-0.39, 0.29) is 0 Å². The second-order valence-corrected chi connectivity index (χ2v) is 4.71. The zero-order valence-electron chi connectivity index (χ0n) is 11.1. The first-order valence-corrected chi connectivity index (χ1v) is 6.66. The maximum Gasteiger partial charge on any atom is 0.156 e. The van der Waals surface area contributed by atoms with Crippen LogP contribution in [0.4, 0.5) is 0 Å².